The summed E-state index contributed by atoms with van der Waals surface area (Å²) in [6, 6.07) is -0.746. The van der Waals surface area contributed by atoms with E-state index in [-0.39, 0.29) is 12.5 Å². The highest BCUT2D eigenvalue weighted by Gasteiger charge is 2.25. The fraction of sp³-hybridized carbons (Fsp3) is 0.778. The average molecular weight is 199 g/mol. The highest BCUT2D eigenvalue weighted by atomic mass is 16.2. The van der Waals surface area contributed by atoms with Crippen molar-refractivity contribution in [3.05, 3.63) is 0 Å². The van der Waals surface area contributed by atoms with Crippen LogP contribution in [-0.4, -0.2) is 35.8 Å². The Morgan fingerprint density at radius 1 is 1.71 bits per heavy atom. The van der Waals surface area contributed by atoms with Gasteiger partial charge in [0.25, 0.3) is 0 Å². The quantitative estimate of drug-likeness (QED) is 0.614. The summed E-state index contributed by atoms with van der Waals surface area (Å²) in [6.07, 6.45) is 1.47. The first-order valence-corrected chi connectivity index (χ1v) is 4.83. The molecule has 0 aromatic heterocycles. The lowest BCUT2D eigenvalue weighted by Crippen LogP contribution is -2.50. The van der Waals surface area contributed by atoms with Crippen LogP contribution in [0.25, 0.3) is 0 Å². The van der Waals surface area contributed by atoms with E-state index in [4.69, 9.17) is 11.5 Å². The Balaban J connectivity index is 2.49. The number of hydrogen-bond acceptors (Lipinski definition) is 3. The third-order valence-corrected chi connectivity index (χ3v) is 2.52. The molecule has 5 heteroatoms. The normalized spacial score (nSPS) is 24.9. The molecule has 1 rings (SSSR count). The van der Waals surface area contributed by atoms with Crippen LogP contribution < -0.4 is 11.5 Å². The third kappa shape index (κ3) is 2.70. The second kappa shape index (κ2) is 4.41. The van der Waals surface area contributed by atoms with Crippen molar-refractivity contribution in [2.24, 2.45) is 17.4 Å². The third-order valence-electron chi connectivity index (χ3n) is 2.52. The van der Waals surface area contributed by atoms with Crippen molar-refractivity contribution in [3.63, 3.8) is 0 Å². The Hall–Kier alpha value is -1.10. The average Bonchev–Trinajstić information content (AvgIpc) is 2.11. The van der Waals surface area contributed by atoms with Crippen LogP contribution in [0, 0.1) is 5.92 Å². The molecule has 80 valence electrons. The first-order chi connectivity index (χ1) is 6.50. The zero-order valence-electron chi connectivity index (χ0n) is 8.40. The molecular formula is C9H17N3O2. The second-order valence-corrected chi connectivity index (χ2v) is 3.95. The first-order valence-electron chi connectivity index (χ1n) is 4.83. The SMILES string of the molecule is CC1CCC(=O)N(CC(N)C(N)=O)C1. The van der Waals surface area contributed by atoms with E-state index in [0.717, 1.165) is 6.42 Å². The standard InChI is InChI=1S/C9H17N3O2/c1-6-2-3-8(13)12(4-6)5-7(10)9(11)14/h6-7H,2-5,10H2,1H3,(H2,11,14). The molecular weight excluding hydrogens is 182 g/mol. The number of amides is 2. The lowest BCUT2D eigenvalue weighted by molar-refractivity contribution is -0.135. The van der Waals surface area contributed by atoms with Crippen molar-refractivity contribution >= 4 is 11.8 Å². The molecule has 0 spiro atoms. The van der Waals surface area contributed by atoms with E-state index >= 15 is 0 Å². The summed E-state index contributed by atoms with van der Waals surface area (Å²) in [5, 5.41) is 0. The molecule has 2 atom stereocenters. The molecule has 1 saturated heterocycles. The van der Waals surface area contributed by atoms with Crippen molar-refractivity contribution < 1.29 is 9.59 Å². The molecule has 14 heavy (non-hydrogen) atoms. The first kappa shape index (κ1) is 11.0. The number of primary amides is 1. The van der Waals surface area contributed by atoms with Gasteiger partial charge in [-0.2, -0.15) is 0 Å². The lowest BCUT2D eigenvalue weighted by atomic mass is 9.99. The van der Waals surface area contributed by atoms with E-state index in [1.165, 1.54) is 0 Å². The minimum Gasteiger partial charge on any atom is -0.368 e. The number of piperidine rings is 1. The fourth-order valence-electron chi connectivity index (χ4n) is 1.60. The Kier molecular flexibility index (Phi) is 3.46. The van der Waals surface area contributed by atoms with Crippen LogP contribution in [0.5, 0.6) is 0 Å². The van der Waals surface area contributed by atoms with E-state index in [0.29, 0.717) is 18.9 Å². The van der Waals surface area contributed by atoms with Crippen LogP contribution >= 0.6 is 0 Å². The zero-order valence-corrected chi connectivity index (χ0v) is 8.40. The largest absolute Gasteiger partial charge is 0.368 e. The number of hydrogen-bond donors (Lipinski definition) is 2. The van der Waals surface area contributed by atoms with Crippen LogP contribution in [-0.2, 0) is 9.59 Å². The van der Waals surface area contributed by atoms with Gasteiger partial charge in [0, 0.05) is 19.5 Å². The lowest BCUT2D eigenvalue weighted by Gasteiger charge is -2.31. The van der Waals surface area contributed by atoms with E-state index in [1.54, 1.807) is 4.90 Å². The number of rotatable bonds is 3. The van der Waals surface area contributed by atoms with Gasteiger partial charge in [-0.3, -0.25) is 9.59 Å². The molecule has 0 aromatic rings. The van der Waals surface area contributed by atoms with Crippen molar-refractivity contribution in [2.45, 2.75) is 25.8 Å². The van der Waals surface area contributed by atoms with Gasteiger partial charge >= 0.3 is 0 Å². The number of carbonyl (C=O) groups excluding carboxylic acids is 2. The topological polar surface area (TPSA) is 89.4 Å². The highest BCUT2D eigenvalue weighted by Crippen LogP contribution is 2.16. The molecule has 0 saturated carbocycles. The molecule has 2 amide bonds. The predicted octanol–water partition coefficient (Wildman–Crippen LogP) is -0.942. The van der Waals surface area contributed by atoms with Gasteiger partial charge in [-0.1, -0.05) is 6.92 Å². The Labute approximate surface area is 83.4 Å². The van der Waals surface area contributed by atoms with Crippen molar-refractivity contribution in [2.75, 3.05) is 13.1 Å². The van der Waals surface area contributed by atoms with Gasteiger partial charge in [0.2, 0.25) is 11.8 Å². The Morgan fingerprint density at radius 2 is 2.36 bits per heavy atom. The van der Waals surface area contributed by atoms with Gasteiger partial charge in [0.1, 0.15) is 6.04 Å². The molecule has 0 radical (unpaired) electrons. The van der Waals surface area contributed by atoms with Gasteiger partial charge in [-0.05, 0) is 12.3 Å². The summed E-state index contributed by atoms with van der Waals surface area (Å²) in [4.78, 5) is 23.8. The summed E-state index contributed by atoms with van der Waals surface area (Å²) < 4.78 is 0. The van der Waals surface area contributed by atoms with Gasteiger partial charge in [0.05, 0.1) is 0 Å². The Morgan fingerprint density at radius 3 is 2.93 bits per heavy atom. The predicted molar refractivity (Wildman–Crippen MR) is 52.1 cm³/mol. The minimum absolute atomic E-state index is 0.0693. The number of likely N-dealkylation sites (tertiary alicyclic amines) is 1. The van der Waals surface area contributed by atoms with Crippen LogP contribution in [0.4, 0.5) is 0 Å². The monoisotopic (exact) mass is 199 g/mol. The Bertz CT molecular complexity index is 242. The van der Waals surface area contributed by atoms with Crippen LogP contribution in [0.1, 0.15) is 19.8 Å². The molecule has 4 N–H and O–H groups in total. The van der Waals surface area contributed by atoms with E-state index < -0.39 is 11.9 Å². The minimum atomic E-state index is -0.746. The smallest absolute Gasteiger partial charge is 0.236 e. The molecule has 1 heterocycles. The van der Waals surface area contributed by atoms with Crippen LogP contribution in [0.3, 0.4) is 0 Å². The molecule has 2 unspecified atom stereocenters. The molecule has 1 fully saturated rings. The van der Waals surface area contributed by atoms with Gasteiger partial charge in [0.15, 0.2) is 0 Å². The highest BCUT2D eigenvalue weighted by molar-refractivity contribution is 5.82. The van der Waals surface area contributed by atoms with E-state index in [2.05, 4.69) is 6.92 Å². The van der Waals surface area contributed by atoms with Gasteiger partial charge < -0.3 is 16.4 Å². The summed E-state index contributed by atoms with van der Waals surface area (Å²) in [5.41, 5.74) is 10.5. The molecule has 0 aliphatic carbocycles. The molecule has 1 aliphatic rings. The van der Waals surface area contributed by atoms with Crippen molar-refractivity contribution in [1.82, 2.24) is 4.90 Å². The maximum atomic E-state index is 11.4. The fourth-order valence-corrected chi connectivity index (χ4v) is 1.60. The van der Waals surface area contributed by atoms with Crippen molar-refractivity contribution in [3.8, 4) is 0 Å². The summed E-state index contributed by atoms with van der Waals surface area (Å²) in [5.74, 6) is -0.0106. The number of nitrogens with zero attached hydrogens (tertiary/aromatic N) is 1. The van der Waals surface area contributed by atoms with E-state index in [9.17, 15) is 9.59 Å². The summed E-state index contributed by atoms with van der Waals surface area (Å²) in [7, 11) is 0. The van der Waals surface area contributed by atoms with Gasteiger partial charge in [-0.15, -0.1) is 0 Å². The molecule has 0 bridgehead atoms. The second-order valence-electron chi connectivity index (χ2n) is 3.95. The maximum Gasteiger partial charge on any atom is 0.236 e. The molecule has 5 nitrogen and oxygen atoms in total. The zero-order chi connectivity index (χ0) is 10.7. The van der Waals surface area contributed by atoms with Gasteiger partial charge in [-0.25, -0.2) is 0 Å². The summed E-state index contributed by atoms with van der Waals surface area (Å²) >= 11 is 0. The van der Waals surface area contributed by atoms with Crippen molar-refractivity contribution in [1.29, 1.82) is 0 Å². The molecule has 1 aliphatic heterocycles. The van der Waals surface area contributed by atoms with Crippen LogP contribution in [0.2, 0.25) is 0 Å². The molecule has 0 aromatic carbocycles. The maximum absolute atomic E-state index is 11.4. The summed E-state index contributed by atoms with van der Waals surface area (Å²) in [6.45, 7) is 3.01. The van der Waals surface area contributed by atoms with E-state index in [1.807, 2.05) is 0 Å². The number of nitrogens with two attached hydrogens (primary N) is 2. The van der Waals surface area contributed by atoms with Crippen LogP contribution in [0.15, 0.2) is 0 Å². The number of carbonyl (C=O) groups is 2.